The molecule has 1 aromatic heterocycles. The van der Waals surface area contributed by atoms with E-state index in [4.69, 9.17) is 11.6 Å². The van der Waals surface area contributed by atoms with Crippen molar-refractivity contribution in [3.63, 3.8) is 0 Å². The van der Waals surface area contributed by atoms with Crippen LogP contribution in [-0.4, -0.2) is 32.5 Å². The Bertz CT molecular complexity index is 1060. The Labute approximate surface area is 199 Å². The summed E-state index contributed by atoms with van der Waals surface area (Å²) in [6, 6.07) is 16.0. The van der Waals surface area contributed by atoms with E-state index in [0.717, 1.165) is 23.5 Å². The van der Waals surface area contributed by atoms with Gasteiger partial charge in [-0.2, -0.15) is 0 Å². The molecule has 3 unspecified atom stereocenters. The van der Waals surface area contributed by atoms with Crippen molar-refractivity contribution in [2.75, 3.05) is 5.75 Å². The first-order chi connectivity index (χ1) is 15.4. The molecule has 1 fully saturated rings. The normalized spacial score (nSPS) is 20.8. The number of halogens is 1. The van der Waals surface area contributed by atoms with Crippen LogP contribution in [0.3, 0.4) is 0 Å². The summed E-state index contributed by atoms with van der Waals surface area (Å²) in [5, 5.41) is 13.5. The Balaban J connectivity index is 1.55. The van der Waals surface area contributed by atoms with Gasteiger partial charge in [-0.15, -0.1) is 10.2 Å². The first kappa shape index (κ1) is 22.9. The number of carbonyl (C=O) groups is 1. The van der Waals surface area contributed by atoms with Gasteiger partial charge in [-0.1, -0.05) is 67.7 Å². The Morgan fingerprint density at radius 3 is 2.53 bits per heavy atom. The molecule has 7 heteroatoms. The standard InChI is InChI=1S/C25H29ClN4OS/c1-16-7-13-21(14-8-16)30-24(19-9-11-20(26)12-10-19)28-29-25(30)32-15-23(31)27-22-6-4-5-17(2)18(22)3/h7-14,17-18,22H,4-6,15H2,1-3H3,(H,27,31). The van der Waals surface area contributed by atoms with Crippen LogP contribution in [0.5, 0.6) is 0 Å². The molecule has 1 heterocycles. The zero-order chi connectivity index (χ0) is 22.7. The maximum atomic E-state index is 12.7. The van der Waals surface area contributed by atoms with Crippen LogP contribution in [0.2, 0.25) is 5.02 Å². The Hall–Kier alpha value is -2.31. The van der Waals surface area contributed by atoms with Gasteiger partial charge in [0.25, 0.3) is 0 Å². The number of nitrogens with zero attached hydrogens (tertiary/aromatic N) is 3. The van der Waals surface area contributed by atoms with Gasteiger partial charge < -0.3 is 5.32 Å². The van der Waals surface area contributed by atoms with Gasteiger partial charge in [0.1, 0.15) is 0 Å². The van der Waals surface area contributed by atoms with Crippen molar-refractivity contribution in [3.05, 3.63) is 59.1 Å². The van der Waals surface area contributed by atoms with Gasteiger partial charge in [-0.25, -0.2) is 0 Å². The van der Waals surface area contributed by atoms with E-state index in [1.165, 1.54) is 30.2 Å². The molecule has 0 aliphatic heterocycles. The highest BCUT2D eigenvalue weighted by Gasteiger charge is 2.28. The monoisotopic (exact) mass is 468 g/mol. The predicted octanol–water partition coefficient (Wildman–Crippen LogP) is 5.93. The number of nitrogens with one attached hydrogen (secondary N) is 1. The zero-order valence-corrected chi connectivity index (χ0v) is 20.3. The third kappa shape index (κ3) is 5.18. The fourth-order valence-electron chi connectivity index (χ4n) is 4.24. The second kappa shape index (κ2) is 10.1. The molecule has 3 aromatic rings. The largest absolute Gasteiger partial charge is 0.352 e. The van der Waals surface area contributed by atoms with Gasteiger partial charge in [0.05, 0.1) is 5.75 Å². The van der Waals surface area contributed by atoms with E-state index in [1.807, 2.05) is 41.0 Å². The van der Waals surface area contributed by atoms with Crippen LogP contribution in [0.4, 0.5) is 0 Å². The van der Waals surface area contributed by atoms with E-state index in [9.17, 15) is 4.79 Å². The zero-order valence-electron chi connectivity index (χ0n) is 18.7. The maximum absolute atomic E-state index is 12.7. The maximum Gasteiger partial charge on any atom is 0.230 e. The molecule has 168 valence electrons. The third-order valence-corrected chi connectivity index (χ3v) is 7.59. The summed E-state index contributed by atoms with van der Waals surface area (Å²) in [6.07, 6.45) is 3.48. The lowest BCUT2D eigenvalue weighted by Gasteiger charge is -2.34. The van der Waals surface area contributed by atoms with Crippen molar-refractivity contribution in [2.45, 2.75) is 51.2 Å². The average Bonchev–Trinajstić information content (AvgIpc) is 3.20. The van der Waals surface area contributed by atoms with Crippen molar-refractivity contribution in [1.82, 2.24) is 20.1 Å². The Morgan fingerprint density at radius 1 is 1.09 bits per heavy atom. The number of hydrogen-bond acceptors (Lipinski definition) is 4. The molecule has 5 nitrogen and oxygen atoms in total. The predicted molar refractivity (Wildman–Crippen MR) is 131 cm³/mol. The smallest absolute Gasteiger partial charge is 0.230 e. The van der Waals surface area contributed by atoms with Gasteiger partial charge in [-0.05, 0) is 61.6 Å². The van der Waals surface area contributed by atoms with E-state index in [0.29, 0.717) is 27.8 Å². The molecule has 3 atom stereocenters. The molecule has 1 aliphatic carbocycles. The molecular formula is C25H29ClN4OS. The summed E-state index contributed by atoms with van der Waals surface area (Å²) >= 11 is 7.49. The van der Waals surface area contributed by atoms with E-state index >= 15 is 0 Å². The molecule has 32 heavy (non-hydrogen) atoms. The van der Waals surface area contributed by atoms with Crippen LogP contribution in [-0.2, 0) is 4.79 Å². The summed E-state index contributed by atoms with van der Waals surface area (Å²) in [5.74, 6) is 2.23. The third-order valence-electron chi connectivity index (χ3n) is 6.41. The van der Waals surface area contributed by atoms with E-state index in [1.54, 1.807) is 0 Å². The van der Waals surface area contributed by atoms with Crippen molar-refractivity contribution in [2.24, 2.45) is 11.8 Å². The van der Waals surface area contributed by atoms with Crippen molar-refractivity contribution >= 4 is 29.3 Å². The number of carbonyl (C=O) groups excluding carboxylic acids is 1. The van der Waals surface area contributed by atoms with Crippen molar-refractivity contribution in [1.29, 1.82) is 0 Å². The molecule has 0 spiro atoms. The van der Waals surface area contributed by atoms with E-state index in [-0.39, 0.29) is 11.9 Å². The molecule has 0 saturated heterocycles. The number of aromatic nitrogens is 3. The molecule has 1 saturated carbocycles. The first-order valence-corrected chi connectivity index (χ1v) is 12.5. The number of aryl methyl sites for hydroxylation is 1. The highest BCUT2D eigenvalue weighted by molar-refractivity contribution is 7.99. The fourth-order valence-corrected chi connectivity index (χ4v) is 5.13. The lowest BCUT2D eigenvalue weighted by atomic mass is 9.78. The SMILES string of the molecule is Cc1ccc(-n2c(SCC(=O)NC3CCCC(C)C3C)nnc2-c2ccc(Cl)cc2)cc1. The van der Waals surface area contributed by atoms with Gasteiger partial charge in [0.15, 0.2) is 11.0 Å². The van der Waals surface area contributed by atoms with E-state index < -0.39 is 0 Å². The lowest BCUT2D eigenvalue weighted by Crippen LogP contribution is -2.44. The summed E-state index contributed by atoms with van der Waals surface area (Å²) in [6.45, 7) is 6.58. The second-order valence-electron chi connectivity index (χ2n) is 8.71. The van der Waals surface area contributed by atoms with Crippen LogP contribution < -0.4 is 5.32 Å². The van der Waals surface area contributed by atoms with Gasteiger partial charge in [-0.3, -0.25) is 9.36 Å². The van der Waals surface area contributed by atoms with Gasteiger partial charge >= 0.3 is 0 Å². The summed E-state index contributed by atoms with van der Waals surface area (Å²) in [7, 11) is 0. The lowest BCUT2D eigenvalue weighted by molar-refractivity contribution is -0.120. The molecule has 0 bridgehead atoms. The molecule has 0 radical (unpaired) electrons. The van der Waals surface area contributed by atoms with Gasteiger partial charge in [0, 0.05) is 22.3 Å². The summed E-state index contributed by atoms with van der Waals surface area (Å²) in [4.78, 5) is 12.7. The van der Waals surface area contributed by atoms with Crippen LogP contribution >= 0.6 is 23.4 Å². The highest BCUT2D eigenvalue weighted by atomic mass is 35.5. The van der Waals surface area contributed by atoms with Gasteiger partial charge in [0.2, 0.25) is 5.91 Å². The molecule has 1 aliphatic rings. The van der Waals surface area contributed by atoms with Crippen molar-refractivity contribution < 1.29 is 4.79 Å². The first-order valence-electron chi connectivity index (χ1n) is 11.1. The summed E-state index contributed by atoms with van der Waals surface area (Å²) < 4.78 is 2.01. The fraction of sp³-hybridized carbons (Fsp3) is 0.400. The van der Waals surface area contributed by atoms with E-state index in [2.05, 4.69) is 48.4 Å². The van der Waals surface area contributed by atoms with Crippen LogP contribution in [0, 0.1) is 18.8 Å². The average molecular weight is 469 g/mol. The van der Waals surface area contributed by atoms with Crippen LogP contribution in [0.1, 0.15) is 38.7 Å². The number of rotatable bonds is 6. The number of hydrogen-bond donors (Lipinski definition) is 1. The molecule has 1 amide bonds. The summed E-state index contributed by atoms with van der Waals surface area (Å²) in [5.41, 5.74) is 3.06. The number of amides is 1. The quantitative estimate of drug-likeness (QED) is 0.455. The molecule has 1 N–H and O–H groups in total. The Kier molecular flexibility index (Phi) is 7.21. The number of benzene rings is 2. The minimum absolute atomic E-state index is 0.0486. The molecule has 4 rings (SSSR count). The van der Waals surface area contributed by atoms with Crippen molar-refractivity contribution in [3.8, 4) is 17.1 Å². The minimum atomic E-state index is 0.0486. The minimum Gasteiger partial charge on any atom is -0.352 e. The van der Waals surface area contributed by atoms with Crippen LogP contribution in [0.15, 0.2) is 53.7 Å². The van der Waals surface area contributed by atoms with Crippen LogP contribution in [0.25, 0.3) is 17.1 Å². The molecule has 2 aromatic carbocycles. The Morgan fingerprint density at radius 2 is 1.81 bits per heavy atom. The second-order valence-corrected chi connectivity index (χ2v) is 10.1. The topological polar surface area (TPSA) is 59.8 Å². The number of thioether (sulfide) groups is 1. The highest BCUT2D eigenvalue weighted by Crippen LogP contribution is 2.31. The molecular weight excluding hydrogens is 440 g/mol.